The molecule has 0 fully saturated rings. The zero-order chi connectivity index (χ0) is 19.6. The van der Waals surface area contributed by atoms with Gasteiger partial charge in [-0.1, -0.05) is 43.3 Å². The average molecular weight is 504 g/mol. The van der Waals surface area contributed by atoms with Crippen LogP contribution in [0.3, 0.4) is 0 Å². The summed E-state index contributed by atoms with van der Waals surface area (Å²) in [5.74, 6) is 2.11. The van der Waals surface area contributed by atoms with Gasteiger partial charge in [0.05, 0.1) is 13.2 Å². The average Bonchev–Trinajstić information content (AvgIpc) is 2.73. The predicted octanol–water partition coefficient (Wildman–Crippen LogP) is 5.21. The third kappa shape index (κ3) is 6.94. The van der Waals surface area contributed by atoms with E-state index >= 15 is 0 Å². The van der Waals surface area contributed by atoms with Crippen molar-refractivity contribution in [1.82, 2.24) is 4.98 Å². The Morgan fingerprint density at radius 1 is 1.00 bits per heavy atom. The topological polar surface area (TPSA) is 81.8 Å². The number of pyridine rings is 1. The van der Waals surface area contributed by atoms with Gasteiger partial charge in [-0.2, -0.15) is 0 Å². The lowest BCUT2D eigenvalue weighted by Crippen LogP contribution is -2.22. The Balaban J connectivity index is 0.00000300. The molecule has 1 heterocycles. The molecule has 0 amide bonds. The quantitative estimate of drug-likeness (QED) is 0.250. The number of guanidine groups is 1. The molecule has 0 saturated carbocycles. The summed E-state index contributed by atoms with van der Waals surface area (Å²) in [4.78, 5) is 8.75. The number of nitrogens with zero attached hydrogens (tertiary/aromatic N) is 2. The summed E-state index contributed by atoms with van der Waals surface area (Å²) < 4.78 is 11.8. The molecule has 0 aliphatic carbocycles. The Labute approximate surface area is 188 Å². The van der Waals surface area contributed by atoms with Crippen LogP contribution in [-0.2, 0) is 6.54 Å². The first-order valence-electron chi connectivity index (χ1n) is 9.22. The summed E-state index contributed by atoms with van der Waals surface area (Å²) in [5, 5.41) is 3.06. The van der Waals surface area contributed by atoms with Crippen molar-refractivity contribution < 1.29 is 9.47 Å². The second kappa shape index (κ2) is 11.9. The fourth-order valence-electron chi connectivity index (χ4n) is 2.49. The lowest BCUT2D eigenvalue weighted by molar-refractivity contribution is 0.300. The smallest absolute Gasteiger partial charge is 0.224 e. The highest BCUT2D eigenvalue weighted by Gasteiger charge is 2.10. The molecule has 29 heavy (non-hydrogen) atoms. The number of rotatable bonds is 8. The van der Waals surface area contributed by atoms with Crippen molar-refractivity contribution in [2.45, 2.75) is 19.9 Å². The number of aromatic nitrogens is 1. The fraction of sp³-hybridized carbons (Fsp3) is 0.182. The summed E-state index contributed by atoms with van der Waals surface area (Å²) in [6, 6.07) is 21.0. The van der Waals surface area contributed by atoms with Crippen molar-refractivity contribution >= 4 is 35.6 Å². The standard InChI is InChI=1S/C22H24N4O2.HI/c1-2-15-27-19-12-6-7-13-20(19)28-21-17(9-8-14-24-21)16-25-22(23)26-18-10-4-3-5-11-18;/h3-14H,2,15-16H2,1H3,(H3,23,25,26);1H. The van der Waals surface area contributed by atoms with Crippen LogP contribution in [0.25, 0.3) is 0 Å². The molecule has 0 saturated heterocycles. The number of para-hydroxylation sites is 3. The highest BCUT2D eigenvalue weighted by atomic mass is 127. The van der Waals surface area contributed by atoms with E-state index in [-0.39, 0.29) is 24.0 Å². The van der Waals surface area contributed by atoms with E-state index in [4.69, 9.17) is 15.2 Å². The number of nitrogens with two attached hydrogens (primary N) is 1. The van der Waals surface area contributed by atoms with Gasteiger partial charge in [0.1, 0.15) is 0 Å². The number of anilines is 1. The fourth-order valence-corrected chi connectivity index (χ4v) is 2.49. The largest absolute Gasteiger partial charge is 0.490 e. The first-order chi connectivity index (χ1) is 13.8. The van der Waals surface area contributed by atoms with Crippen LogP contribution in [0.4, 0.5) is 5.69 Å². The monoisotopic (exact) mass is 504 g/mol. The molecule has 0 unspecified atom stereocenters. The van der Waals surface area contributed by atoms with Crippen molar-refractivity contribution in [3.05, 3.63) is 78.5 Å². The molecule has 6 nitrogen and oxygen atoms in total. The van der Waals surface area contributed by atoms with Crippen molar-refractivity contribution in [3.63, 3.8) is 0 Å². The SMILES string of the molecule is CCCOc1ccccc1Oc1ncccc1CN=C(N)Nc1ccccc1.I. The number of halogens is 1. The van der Waals surface area contributed by atoms with Crippen molar-refractivity contribution in [2.24, 2.45) is 10.7 Å². The van der Waals surface area contributed by atoms with Crippen LogP contribution in [0.5, 0.6) is 17.4 Å². The predicted molar refractivity (Wildman–Crippen MR) is 127 cm³/mol. The molecule has 3 rings (SSSR count). The normalized spacial score (nSPS) is 10.7. The summed E-state index contributed by atoms with van der Waals surface area (Å²) in [6.07, 6.45) is 2.61. The zero-order valence-corrected chi connectivity index (χ0v) is 18.6. The maximum absolute atomic E-state index is 6.02. The number of aliphatic imine (C=N–C) groups is 1. The van der Waals surface area contributed by atoms with Crippen LogP contribution in [0, 0.1) is 0 Å². The highest BCUT2D eigenvalue weighted by Crippen LogP contribution is 2.32. The zero-order valence-electron chi connectivity index (χ0n) is 16.2. The van der Waals surface area contributed by atoms with E-state index in [1.807, 2.05) is 66.7 Å². The molecular formula is C22H25IN4O2. The Bertz CT molecular complexity index is 919. The van der Waals surface area contributed by atoms with Crippen LogP contribution in [0.15, 0.2) is 77.9 Å². The van der Waals surface area contributed by atoms with Gasteiger partial charge in [0.15, 0.2) is 17.5 Å². The maximum atomic E-state index is 6.02. The minimum absolute atomic E-state index is 0. The molecule has 0 aliphatic rings. The number of hydrogen-bond acceptors (Lipinski definition) is 4. The van der Waals surface area contributed by atoms with Gasteiger partial charge in [0.25, 0.3) is 0 Å². The summed E-state index contributed by atoms with van der Waals surface area (Å²) in [6.45, 7) is 3.03. The summed E-state index contributed by atoms with van der Waals surface area (Å²) in [7, 11) is 0. The van der Waals surface area contributed by atoms with Gasteiger partial charge >= 0.3 is 0 Å². The Morgan fingerprint density at radius 3 is 2.48 bits per heavy atom. The number of benzene rings is 2. The first kappa shape index (κ1) is 22.5. The van der Waals surface area contributed by atoms with Crippen LogP contribution in [-0.4, -0.2) is 17.6 Å². The van der Waals surface area contributed by atoms with E-state index in [0.29, 0.717) is 36.5 Å². The highest BCUT2D eigenvalue weighted by molar-refractivity contribution is 14.0. The van der Waals surface area contributed by atoms with Gasteiger partial charge < -0.3 is 20.5 Å². The molecular weight excluding hydrogens is 479 g/mol. The summed E-state index contributed by atoms with van der Waals surface area (Å²) in [5.41, 5.74) is 7.70. The van der Waals surface area contributed by atoms with Crippen LogP contribution in [0.2, 0.25) is 0 Å². The second-order valence-corrected chi connectivity index (χ2v) is 6.06. The molecule has 0 spiro atoms. The van der Waals surface area contributed by atoms with Crippen molar-refractivity contribution in [3.8, 4) is 17.4 Å². The molecule has 0 radical (unpaired) electrons. The van der Waals surface area contributed by atoms with Gasteiger partial charge in [-0.3, -0.25) is 0 Å². The molecule has 3 N–H and O–H groups in total. The van der Waals surface area contributed by atoms with Gasteiger partial charge in [-0.25, -0.2) is 9.98 Å². The molecule has 1 aromatic heterocycles. The van der Waals surface area contributed by atoms with E-state index in [1.54, 1.807) is 6.20 Å². The van der Waals surface area contributed by atoms with Crippen molar-refractivity contribution in [2.75, 3.05) is 11.9 Å². The molecule has 0 bridgehead atoms. The Hall–Kier alpha value is -2.81. The number of ether oxygens (including phenoxy) is 2. The Kier molecular flexibility index (Phi) is 9.23. The molecule has 0 atom stereocenters. The third-order valence-electron chi connectivity index (χ3n) is 3.83. The minimum Gasteiger partial charge on any atom is -0.490 e. The van der Waals surface area contributed by atoms with E-state index in [0.717, 1.165) is 17.7 Å². The molecule has 152 valence electrons. The molecule has 3 aromatic rings. The van der Waals surface area contributed by atoms with E-state index in [1.165, 1.54) is 0 Å². The second-order valence-electron chi connectivity index (χ2n) is 6.06. The molecule has 2 aromatic carbocycles. The van der Waals surface area contributed by atoms with Gasteiger partial charge in [0.2, 0.25) is 5.88 Å². The van der Waals surface area contributed by atoms with Crippen LogP contribution < -0.4 is 20.5 Å². The third-order valence-corrected chi connectivity index (χ3v) is 3.83. The van der Waals surface area contributed by atoms with Gasteiger partial charge in [0, 0.05) is 17.4 Å². The molecule has 7 heteroatoms. The summed E-state index contributed by atoms with van der Waals surface area (Å²) >= 11 is 0. The number of hydrogen-bond donors (Lipinski definition) is 2. The lowest BCUT2D eigenvalue weighted by atomic mass is 10.2. The maximum Gasteiger partial charge on any atom is 0.224 e. The Morgan fingerprint density at radius 2 is 1.72 bits per heavy atom. The first-order valence-corrected chi connectivity index (χ1v) is 9.22. The van der Waals surface area contributed by atoms with Crippen LogP contribution >= 0.6 is 24.0 Å². The molecule has 0 aliphatic heterocycles. The van der Waals surface area contributed by atoms with Gasteiger partial charge in [-0.15, -0.1) is 24.0 Å². The van der Waals surface area contributed by atoms with E-state index < -0.39 is 0 Å². The van der Waals surface area contributed by atoms with Crippen molar-refractivity contribution in [1.29, 1.82) is 0 Å². The van der Waals surface area contributed by atoms with E-state index in [2.05, 4.69) is 22.2 Å². The minimum atomic E-state index is 0. The van der Waals surface area contributed by atoms with E-state index in [9.17, 15) is 0 Å². The lowest BCUT2D eigenvalue weighted by Gasteiger charge is -2.13. The van der Waals surface area contributed by atoms with Crippen LogP contribution in [0.1, 0.15) is 18.9 Å². The van der Waals surface area contributed by atoms with Gasteiger partial charge in [-0.05, 0) is 36.8 Å². The number of nitrogens with one attached hydrogen (secondary N) is 1.